The van der Waals surface area contributed by atoms with Crippen LogP contribution in [0, 0.1) is 11.3 Å². The van der Waals surface area contributed by atoms with E-state index in [4.69, 9.17) is 5.11 Å². The maximum atomic E-state index is 12.2. The molecule has 0 radical (unpaired) electrons. The molecule has 2 fully saturated rings. The summed E-state index contributed by atoms with van der Waals surface area (Å²) in [6.07, 6.45) is 4.56. The van der Waals surface area contributed by atoms with Crippen molar-refractivity contribution in [3.05, 3.63) is 0 Å². The first-order chi connectivity index (χ1) is 7.53. The zero-order valence-electron chi connectivity index (χ0n) is 9.74. The number of piperidine rings is 1. The highest BCUT2D eigenvalue weighted by molar-refractivity contribution is 5.84. The number of amides is 1. The zero-order valence-corrected chi connectivity index (χ0v) is 9.74. The smallest absolute Gasteiger partial charge is 0.308 e. The van der Waals surface area contributed by atoms with E-state index in [1.54, 1.807) is 4.90 Å². The molecule has 90 valence electrons. The lowest BCUT2D eigenvalue weighted by atomic mass is 9.69. The van der Waals surface area contributed by atoms with Crippen LogP contribution in [0.25, 0.3) is 0 Å². The quantitative estimate of drug-likeness (QED) is 0.774. The molecule has 0 aromatic heterocycles. The van der Waals surface area contributed by atoms with E-state index in [9.17, 15) is 9.59 Å². The van der Waals surface area contributed by atoms with E-state index < -0.39 is 5.97 Å². The van der Waals surface area contributed by atoms with Crippen molar-refractivity contribution in [2.45, 2.75) is 39.0 Å². The lowest BCUT2D eigenvalue weighted by Gasteiger charge is -2.42. The Balaban J connectivity index is 1.99. The summed E-state index contributed by atoms with van der Waals surface area (Å²) in [5, 5.41) is 8.97. The summed E-state index contributed by atoms with van der Waals surface area (Å²) in [7, 11) is 0. The van der Waals surface area contributed by atoms with Crippen molar-refractivity contribution in [1.82, 2.24) is 4.90 Å². The highest BCUT2D eigenvalue weighted by atomic mass is 16.4. The molecule has 1 saturated carbocycles. The zero-order chi connectivity index (χ0) is 11.8. The largest absolute Gasteiger partial charge is 0.481 e. The number of nitrogens with zero attached hydrogens (tertiary/aromatic N) is 1. The van der Waals surface area contributed by atoms with Gasteiger partial charge in [0.1, 0.15) is 0 Å². The van der Waals surface area contributed by atoms with Gasteiger partial charge in [-0.05, 0) is 25.7 Å². The van der Waals surface area contributed by atoms with Gasteiger partial charge >= 0.3 is 5.97 Å². The van der Waals surface area contributed by atoms with Crippen LogP contribution >= 0.6 is 0 Å². The van der Waals surface area contributed by atoms with E-state index in [0.717, 1.165) is 32.2 Å². The summed E-state index contributed by atoms with van der Waals surface area (Å²) in [6, 6.07) is 0. The Labute approximate surface area is 95.6 Å². The number of carbonyl (C=O) groups excluding carboxylic acids is 1. The molecule has 1 amide bonds. The van der Waals surface area contributed by atoms with Crippen LogP contribution in [0.3, 0.4) is 0 Å². The second-order valence-corrected chi connectivity index (χ2v) is 5.34. The first kappa shape index (κ1) is 11.4. The normalized spacial score (nSPS) is 28.3. The number of hydrogen-bond donors (Lipinski definition) is 1. The van der Waals surface area contributed by atoms with Gasteiger partial charge < -0.3 is 10.0 Å². The number of aliphatic carboxylic acids is 1. The summed E-state index contributed by atoms with van der Waals surface area (Å²) in [6.45, 7) is 3.14. The molecule has 4 nitrogen and oxygen atoms in total. The summed E-state index contributed by atoms with van der Waals surface area (Å²) < 4.78 is 0. The molecule has 0 aromatic rings. The molecule has 1 unspecified atom stereocenters. The fraction of sp³-hybridized carbons (Fsp3) is 0.833. The first-order valence-electron chi connectivity index (χ1n) is 6.05. The van der Waals surface area contributed by atoms with Crippen molar-refractivity contribution in [2.75, 3.05) is 13.1 Å². The third-order valence-corrected chi connectivity index (χ3v) is 4.03. The molecule has 0 bridgehead atoms. The van der Waals surface area contributed by atoms with Crippen molar-refractivity contribution in [2.24, 2.45) is 11.3 Å². The lowest BCUT2D eigenvalue weighted by molar-refractivity contribution is -0.152. The fourth-order valence-electron chi connectivity index (χ4n) is 2.67. The van der Waals surface area contributed by atoms with E-state index in [2.05, 4.69) is 0 Å². The van der Waals surface area contributed by atoms with Crippen molar-refractivity contribution in [3.63, 3.8) is 0 Å². The van der Waals surface area contributed by atoms with Crippen LogP contribution in [0.1, 0.15) is 39.0 Å². The topological polar surface area (TPSA) is 57.6 Å². The molecule has 1 atom stereocenters. The molecule has 2 rings (SSSR count). The van der Waals surface area contributed by atoms with E-state index in [-0.39, 0.29) is 17.2 Å². The fourth-order valence-corrected chi connectivity index (χ4v) is 2.67. The molecule has 1 N–H and O–H groups in total. The molecule has 1 saturated heterocycles. The van der Waals surface area contributed by atoms with Gasteiger partial charge in [-0.25, -0.2) is 0 Å². The van der Waals surface area contributed by atoms with Gasteiger partial charge in [0.15, 0.2) is 0 Å². The van der Waals surface area contributed by atoms with Crippen molar-refractivity contribution in [1.29, 1.82) is 0 Å². The number of hydrogen-bond acceptors (Lipinski definition) is 2. The minimum atomic E-state index is -0.767. The van der Waals surface area contributed by atoms with Crippen molar-refractivity contribution >= 4 is 11.9 Å². The third kappa shape index (κ3) is 1.93. The van der Waals surface area contributed by atoms with Crippen LogP contribution in [-0.2, 0) is 9.59 Å². The van der Waals surface area contributed by atoms with Crippen molar-refractivity contribution < 1.29 is 14.7 Å². The number of likely N-dealkylation sites (tertiary alicyclic amines) is 1. The second-order valence-electron chi connectivity index (χ2n) is 5.34. The van der Waals surface area contributed by atoms with Gasteiger partial charge in [-0.3, -0.25) is 9.59 Å². The van der Waals surface area contributed by atoms with Gasteiger partial charge in [0.25, 0.3) is 0 Å². The average Bonchev–Trinajstić information content (AvgIpc) is 2.25. The Morgan fingerprint density at radius 3 is 2.50 bits per heavy atom. The number of rotatable bonds is 2. The standard InChI is InChI=1S/C12H19NO3/c1-12(5-3-6-12)11(16)13-7-2-4-9(8-13)10(14)15/h9H,2-8H2,1H3,(H,14,15). The SMILES string of the molecule is CC1(C(=O)N2CCCC(C(=O)O)C2)CCC1. The summed E-state index contributed by atoms with van der Waals surface area (Å²) >= 11 is 0. The predicted octanol–water partition coefficient (Wildman–Crippen LogP) is 1.50. The molecule has 0 aromatic carbocycles. The van der Waals surface area contributed by atoms with Gasteiger partial charge in [0, 0.05) is 18.5 Å². The molecule has 1 aliphatic heterocycles. The van der Waals surface area contributed by atoms with Gasteiger partial charge in [-0.2, -0.15) is 0 Å². The van der Waals surface area contributed by atoms with Crippen molar-refractivity contribution in [3.8, 4) is 0 Å². The molecule has 16 heavy (non-hydrogen) atoms. The number of carbonyl (C=O) groups is 2. The molecule has 1 aliphatic carbocycles. The molecular formula is C12H19NO3. The van der Waals surface area contributed by atoms with Crippen LogP contribution in [0.4, 0.5) is 0 Å². The minimum absolute atomic E-state index is 0.171. The highest BCUT2D eigenvalue weighted by Crippen LogP contribution is 2.42. The Kier molecular flexibility index (Phi) is 2.91. The monoisotopic (exact) mass is 225 g/mol. The summed E-state index contributed by atoms with van der Waals surface area (Å²) in [5.41, 5.74) is -0.194. The maximum Gasteiger partial charge on any atom is 0.308 e. The molecule has 0 spiro atoms. The Morgan fingerprint density at radius 2 is 2.00 bits per heavy atom. The Bertz CT molecular complexity index is 309. The third-order valence-electron chi connectivity index (χ3n) is 4.03. The maximum absolute atomic E-state index is 12.2. The Hall–Kier alpha value is -1.06. The van der Waals surface area contributed by atoms with E-state index in [1.807, 2.05) is 6.92 Å². The first-order valence-corrected chi connectivity index (χ1v) is 6.05. The summed E-state index contributed by atoms with van der Waals surface area (Å²) in [5.74, 6) is -0.956. The number of carboxylic acids is 1. The molecule has 1 heterocycles. The van der Waals surface area contributed by atoms with Crippen LogP contribution in [0.15, 0.2) is 0 Å². The van der Waals surface area contributed by atoms with Crippen LogP contribution < -0.4 is 0 Å². The molecule has 4 heteroatoms. The average molecular weight is 225 g/mol. The van der Waals surface area contributed by atoms with Gasteiger partial charge in [-0.15, -0.1) is 0 Å². The van der Waals surface area contributed by atoms with E-state index in [1.165, 1.54) is 0 Å². The summed E-state index contributed by atoms with van der Waals surface area (Å²) in [4.78, 5) is 24.9. The molecular weight excluding hydrogens is 206 g/mol. The number of carboxylic acid groups (broad SMARTS) is 1. The predicted molar refractivity (Wildman–Crippen MR) is 58.9 cm³/mol. The van der Waals surface area contributed by atoms with Gasteiger partial charge in [0.05, 0.1) is 5.92 Å². The molecule has 2 aliphatic rings. The van der Waals surface area contributed by atoms with Gasteiger partial charge in [0.2, 0.25) is 5.91 Å². The van der Waals surface area contributed by atoms with Crippen LogP contribution in [0.5, 0.6) is 0 Å². The Morgan fingerprint density at radius 1 is 1.31 bits per heavy atom. The van der Waals surface area contributed by atoms with E-state index >= 15 is 0 Å². The second kappa shape index (κ2) is 4.07. The van der Waals surface area contributed by atoms with Crippen LogP contribution in [-0.4, -0.2) is 35.0 Å². The lowest BCUT2D eigenvalue weighted by Crippen LogP contribution is -2.50. The van der Waals surface area contributed by atoms with Gasteiger partial charge in [-0.1, -0.05) is 13.3 Å². The highest BCUT2D eigenvalue weighted by Gasteiger charge is 2.43. The van der Waals surface area contributed by atoms with Crippen LogP contribution in [0.2, 0.25) is 0 Å². The minimum Gasteiger partial charge on any atom is -0.481 e. The van der Waals surface area contributed by atoms with E-state index in [0.29, 0.717) is 13.0 Å².